The number of halogens is 1. The van der Waals surface area contributed by atoms with E-state index in [0.717, 1.165) is 12.8 Å². The highest BCUT2D eigenvalue weighted by Crippen LogP contribution is 2.49. The number of hydrogen-bond donors (Lipinski definition) is 0. The molecule has 1 saturated carbocycles. The number of esters is 1. The van der Waals surface area contributed by atoms with Crippen LogP contribution in [0.25, 0.3) is 0 Å². The summed E-state index contributed by atoms with van der Waals surface area (Å²) in [6.45, 7) is 3.94. The van der Waals surface area contributed by atoms with Crippen molar-refractivity contribution in [2.75, 3.05) is 6.61 Å². The number of benzene rings is 1. The zero-order valence-electron chi connectivity index (χ0n) is 11.6. The summed E-state index contributed by atoms with van der Waals surface area (Å²) in [7, 11) is 0. The Balaban J connectivity index is 2.38. The Hall–Kier alpha value is -1.38. The van der Waals surface area contributed by atoms with Crippen LogP contribution >= 0.6 is 0 Å². The highest BCUT2D eigenvalue weighted by molar-refractivity contribution is 5.74. The van der Waals surface area contributed by atoms with E-state index in [1.165, 1.54) is 0 Å². The molecule has 0 bridgehead atoms. The molecule has 2 nitrogen and oxygen atoms in total. The second-order valence-corrected chi connectivity index (χ2v) is 5.27. The standard InChI is InChI=1S/C16H21FO2/c1-3-19-15(18)14-11-7-8-12(2)16(14,17)13-9-5-4-6-10-13/h4-6,9-10,12,14H,3,7-8,11H2,1-2H3/t12-,14+,16-/m1/s1. The molecule has 3 atom stereocenters. The van der Waals surface area contributed by atoms with E-state index in [4.69, 9.17) is 4.74 Å². The van der Waals surface area contributed by atoms with Crippen LogP contribution in [-0.4, -0.2) is 12.6 Å². The average Bonchev–Trinajstić information content (AvgIpc) is 2.43. The van der Waals surface area contributed by atoms with Gasteiger partial charge in [0.1, 0.15) is 0 Å². The normalized spacial score (nSPS) is 30.9. The van der Waals surface area contributed by atoms with Crippen molar-refractivity contribution < 1.29 is 13.9 Å². The Bertz CT molecular complexity index is 432. The van der Waals surface area contributed by atoms with Crippen LogP contribution in [-0.2, 0) is 15.2 Å². The third-order valence-corrected chi connectivity index (χ3v) is 4.14. The molecule has 3 heteroatoms. The predicted octanol–water partition coefficient (Wildman–Crippen LogP) is 3.85. The van der Waals surface area contributed by atoms with Crippen LogP contribution in [0.1, 0.15) is 38.7 Å². The van der Waals surface area contributed by atoms with Crippen LogP contribution in [0.15, 0.2) is 30.3 Å². The van der Waals surface area contributed by atoms with Crippen molar-refractivity contribution in [2.45, 2.75) is 38.8 Å². The molecule has 1 aliphatic rings. The van der Waals surface area contributed by atoms with E-state index in [0.29, 0.717) is 18.6 Å². The fourth-order valence-corrected chi connectivity index (χ4v) is 3.10. The molecular formula is C16H21FO2. The number of carbonyl (C=O) groups excluding carboxylic acids is 1. The number of rotatable bonds is 3. The van der Waals surface area contributed by atoms with Crippen molar-refractivity contribution in [1.29, 1.82) is 0 Å². The topological polar surface area (TPSA) is 26.3 Å². The minimum atomic E-state index is -1.61. The molecule has 0 radical (unpaired) electrons. The second-order valence-electron chi connectivity index (χ2n) is 5.27. The van der Waals surface area contributed by atoms with Gasteiger partial charge < -0.3 is 4.74 Å². The molecule has 1 fully saturated rings. The van der Waals surface area contributed by atoms with Gasteiger partial charge in [-0.3, -0.25) is 4.79 Å². The Morgan fingerprint density at radius 2 is 2.05 bits per heavy atom. The van der Waals surface area contributed by atoms with E-state index in [1.54, 1.807) is 19.1 Å². The van der Waals surface area contributed by atoms with Crippen LogP contribution in [0.3, 0.4) is 0 Å². The Morgan fingerprint density at radius 3 is 2.68 bits per heavy atom. The van der Waals surface area contributed by atoms with E-state index < -0.39 is 17.6 Å². The molecule has 2 rings (SSSR count). The lowest BCUT2D eigenvalue weighted by Crippen LogP contribution is -2.45. The summed E-state index contributed by atoms with van der Waals surface area (Å²) in [4.78, 5) is 12.1. The van der Waals surface area contributed by atoms with E-state index in [1.807, 2.05) is 25.1 Å². The fraction of sp³-hybridized carbons (Fsp3) is 0.562. The first-order valence-electron chi connectivity index (χ1n) is 7.01. The van der Waals surface area contributed by atoms with Gasteiger partial charge in [-0.05, 0) is 31.2 Å². The predicted molar refractivity (Wildman–Crippen MR) is 72.4 cm³/mol. The zero-order chi connectivity index (χ0) is 13.9. The molecule has 0 N–H and O–H groups in total. The SMILES string of the molecule is CCOC(=O)[C@@H]1CCC[C@@H](C)[C@@]1(F)c1ccccc1. The van der Waals surface area contributed by atoms with Crippen molar-refractivity contribution in [3.63, 3.8) is 0 Å². The van der Waals surface area contributed by atoms with Gasteiger partial charge in [-0.15, -0.1) is 0 Å². The van der Waals surface area contributed by atoms with Gasteiger partial charge in [0.25, 0.3) is 0 Å². The molecule has 0 spiro atoms. The smallest absolute Gasteiger partial charge is 0.312 e. The number of ether oxygens (including phenoxy) is 1. The summed E-state index contributed by atoms with van der Waals surface area (Å²) in [5.74, 6) is -1.25. The van der Waals surface area contributed by atoms with Crippen LogP contribution in [0.4, 0.5) is 4.39 Å². The Kier molecular flexibility index (Phi) is 4.23. The number of carbonyl (C=O) groups is 1. The van der Waals surface area contributed by atoms with Gasteiger partial charge in [-0.2, -0.15) is 0 Å². The molecule has 0 amide bonds. The molecule has 1 aliphatic carbocycles. The van der Waals surface area contributed by atoms with E-state index in [-0.39, 0.29) is 5.92 Å². The number of alkyl halides is 1. The van der Waals surface area contributed by atoms with Gasteiger partial charge in [0.15, 0.2) is 5.67 Å². The maximum absolute atomic E-state index is 15.6. The maximum atomic E-state index is 15.6. The fourth-order valence-electron chi connectivity index (χ4n) is 3.10. The minimum Gasteiger partial charge on any atom is -0.466 e. The number of hydrogen-bond acceptors (Lipinski definition) is 2. The van der Waals surface area contributed by atoms with Crippen LogP contribution in [0, 0.1) is 11.8 Å². The Morgan fingerprint density at radius 1 is 1.37 bits per heavy atom. The third-order valence-electron chi connectivity index (χ3n) is 4.14. The lowest BCUT2D eigenvalue weighted by molar-refractivity contribution is -0.160. The molecule has 19 heavy (non-hydrogen) atoms. The van der Waals surface area contributed by atoms with E-state index in [2.05, 4.69) is 0 Å². The molecule has 1 aromatic carbocycles. The van der Waals surface area contributed by atoms with Gasteiger partial charge in [-0.1, -0.05) is 43.7 Å². The minimum absolute atomic E-state index is 0.168. The zero-order valence-corrected chi connectivity index (χ0v) is 11.6. The quantitative estimate of drug-likeness (QED) is 0.775. The average molecular weight is 264 g/mol. The van der Waals surface area contributed by atoms with Crippen LogP contribution in [0.2, 0.25) is 0 Å². The van der Waals surface area contributed by atoms with Gasteiger partial charge in [0.05, 0.1) is 12.5 Å². The molecular weight excluding hydrogens is 243 g/mol. The monoisotopic (exact) mass is 264 g/mol. The Labute approximate surface area is 114 Å². The third kappa shape index (κ3) is 2.51. The van der Waals surface area contributed by atoms with Gasteiger partial charge >= 0.3 is 5.97 Å². The molecule has 0 aliphatic heterocycles. The lowest BCUT2D eigenvalue weighted by Gasteiger charge is -2.41. The van der Waals surface area contributed by atoms with E-state index >= 15 is 4.39 Å². The summed E-state index contributed by atoms with van der Waals surface area (Å²) < 4.78 is 20.7. The molecule has 0 aromatic heterocycles. The molecule has 104 valence electrons. The molecule has 0 heterocycles. The van der Waals surface area contributed by atoms with E-state index in [9.17, 15) is 4.79 Å². The van der Waals surface area contributed by atoms with Crippen LogP contribution in [0.5, 0.6) is 0 Å². The largest absolute Gasteiger partial charge is 0.466 e. The summed E-state index contributed by atoms with van der Waals surface area (Å²) >= 11 is 0. The van der Waals surface area contributed by atoms with Crippen molar-refractivity contribution in [3.05, 3.63) is 35.9 Å². The molecule has 0 unspecified atom stereocenters. The summed E-state index contributed by atoms with van der Waals surface area (Å²) in [6, 6.07) is 9.04. The summed E-state index contributed by atoms with van der Waals surface area (Å²) in [5.41, 5.74) is -1.01. The summed E-state index contributed by atoms with van der Waals surface area (Å²) in [6.07, 6.45) is 2.25. The second kappa shape index (κ2) is 5.72. The van der Waals surface area contributed by atoms with Crippen molar-refractivity contribution in [3.8, 4) is 0 Å². The van der Waals surface area contributed by atoms with Gasteiger partial charge in [0.2, 0.25) is 0 Å². The highest BCUT2D eigenvalue weighted by Gasteiger charge is 2.51. The van der Waals surface area contributed by atoms with Crippen molar-refractivity contribution >= 4 is 5.97 Å². The van der Waals surface area contributed by atoms with Crippen molar-refractivity contribution in [2.24, 2.45) is 11.8 Å². The first kappa shape index (κ1) is 14.0. The van der Waals surface area contributed by atoms with Crippen molar-refractivity contribution in [1.82, 2.24) is 0 Å². The lowest BCUT2D eigenvalue weighted by atomic mass is 9.67. The van der Waals surface area contributed by atoms with Gasteiger partial charge in [-0.25, -0.2) is 4.39 Å². The summed E-state index contributed by atoms with van der Waals surface area (Å²) in [5, 5.41) is 0. The first-order chi connectivity index (χ1) is 9.10. The van der Waals surface area contributed by atoms with Crippen LogP contribution < -0.4 is 0 Å². The molecule has 1 aromatic rings. The van der Waals surface area contributed by atoms with Gasteiger partial charge in [0, 0.05) is 0 Å². The first-order valence-corrected chi connectivity index (χ1v) is 7.01. The highest BCUT2D eigenvalue weighted by atomic mass is 19.1. The maximum Gasteiger partial charge on any atom is 0.312 e. The molecule has 0 saturated heterocycles.